The molecule has 1 aliphatic rings. The number of hydrogen-bond acceptors (Lipinski definition) is 4. The number of phenols is 1. The van der Waals surface area contributed by atoms with Gasteiger partial charge in [-0.15, -0.1) is 11.8 Å². The summed E-state index contributed by atoms with van der Waals surface area (Å²) in [5.74, 6) is 0.497. The number of phenolic OH excluding ortho intramolecular Hbond substituents is 1. The monoisotopic (exact) mass is 377 g/mol. The molecule has 0 aromatic heterocycles. The molecule has 0 bridgehead atoms. The summed E-state index contributed by atoms with van der Waals surface area (Å²) in [5.41, 5.74) is 2.64. The normalized spacial score (nSPS) is 18.3. The number of rotatable bonds is 3. The number of thioether (sulfide) groups is 1. The lowest BCUT2D eigenvalue weighted by atomic mass is 9.78. The summed E-state index contributed by atoms with van der Waals surface area (Å²) < 4.78 is 0. The minimum Gasteiger partial charge on any atom is -0.507 e. The lowest BCUT2D eigenvalue weighted by Gasteiger charge is -2.29. The largest absolute Gasteiger partial charge is 0.507 e. The second kappa shape index (κ2) is 7.65. The van der Waals surface area contributed by atoms with Crippen LogP contribution >= 0.6 is 11.8 Å². The zero-order valence-corrected chi connectivity index (χ0v) is 17.5. The Kier molecular flexibility index (Phi) is 6.13. The van der Waals surface area contributed by atoms with Gasteiger partial charge in [0, 0.05) is 30.0 Å². The third-order valence-electron chi connectivity index (χ3n) is 4.51. The van der Waals surface area contributed by atoms with Crippen molar-refractivity contribution in [2.24, 2.45) is 0 Å². The molecule has 1 aromatic rings. The fourth-order valence-corrected chi connectivity index (χ4v) is 4.24. The number of carboxylic acid groups (broad SMARTS) is 1. The summed E-state index contributed by atoms with van der Waals surface area (Å²) in [4.78, 5) is 14.1. The number of aliphatic carboxylic acids is 1. The predicted octanol–water partition coefficient (Wildman–Crippen LogP) is 4.46. The van der Waals surface area contributed by atoms with E-state index in [0.717, 1.165) is 29.0 Å². The smallest absolute Gasteiger partial charge is 0.317 e. The molecule has 1 aliphatic heterocycles. The number of benzene rings is 1. The summed E-state index contributed by atoms with van der Waals surface area (Å²) in [5, 5.41) is 19.9. The summed E-state index contributed by atoms with van der Waals surface area (Å²) in [6.45, 7) is 14.2. The van der Waals surface area contributed by atoms with Gasteiger partial charge in [-0.1, -0.05) is 41.5 Å². The van der Waals surface area contributed by atoms with Gasteiger partial charge < -0.3 is 10.2 Å². The lowest BCUT2D eigenvalue weighted by molar-refractivity contribution is -0.138. The second-order valence-electron chi connectivity index (χ2n) is 9.03. The Hall–Kier alpha value is -1.46. The molecule has 0 saturated carbocycles. The number of hydrogen-bond donors (Lipinski definition) is 2. The number of aromatic hydroxyl groups is 1. The van der Waals surface area contributed by atoms with Gasteiger partial charge in [0.2, 0.25) is 0 Å². The maximum Gasteiger partial charge on any atom is 0.317 e. The topological polar surface area (TPSA) is 60.8 Å². The third kappa shape index (κ3) is 5.27. The lowest BCUT2D eigenvalue weighted by Crippen LogP contribution is -2.35. The molecule has 1 saturated heterocycles. The van der Waals surface area contributed by atoms with Crippen LogP contribution < -0.4 is 0 Å². The first-order valence-electron chi connectivity index (χ1n) is 9.03. The Balaban J connectivity index is 2.44. The Bertz CT molecular complexity index is 676. The molecule has 144 valence electrons. The van der Waals surface area contributed by atoms with Crippen LogP contribution in [0.2, 0.25) is 0 Å². The van der Waals surface area contributed by atoms with Crippen LogP contribution in [-0.4, -0.2) is 46.5 Å². The highest BCUT2D eigenvalue weighted by Crippen LogP contribution is 2.40. The Morgan fingerprint density at radius 1 is 1.15 bits per heavy atom. The highest BCUT2D eigenvalue weighted by molar-refractivity contribution is 8.03. The first-order chi connectivity index (χ1) is 11.9. The van der Waals surface area contributed by atoms with Crippen molar-refractivity contribution < 1.29 is 15.0 Å². The molecule has 2 rings (SSSR count). The fraction of sp³-hybridized carbons (Fsp3) is 0.571. The quantitative estimate of drug-likeness (QED) is 0.814. The first kappa shape index (κ1) is 20.8. The second-order valence-corrected chi connectivity index (χ2v) is 10.2. The van der Waals surface area contributed by atoms with Crippen LogP contribution in [0.4, 0.5) is 0 Å². The first-order valence-corrected chi connectivity index (χ1v) is 10.0. The fourth-order valence-electron chi connectivity index (χ4n) is 3.13. The van der Waals surface area contributed by atoms with Crippen LogP contribution in [-0.2, 0) is 15.6 Å². The summed E-state index contributed by atoms with van der Waals surface area (Å²) in [6.07, 6.45) is 2.14. The molecular formula is C21H31NO3S. The van der Waals surface area contributed by atoms with Gasteiger partial charge >= 0.3 is 5.97 Å². The maximum absolute atomic E-state index is 11.0. The van der Waals surface area contributed by atoms with Gasteiger partial charge in [0.05, 0.1) is 6.54 Å². The van der Waals surface area contributed by atoms with Crippen molar-refractivity contribution in [2.45, 2.75) is 52.4 Å². The van der Waals surface area contributed by atoms with Crippen molar-refractivity contribution in [2.75, 3.05) is 25.4 Å². The van der Waals surface area contributed by atoms with Gasteiger partial charge in [-0.25, -0.2) is 0 Å². The summed E-state index contributed by atoms with van der Waals surface area (Å²) in [6, 6.07) is 4.13. The van der Waals surface area contributed by atoms with E-state index in [2.05, 4.69) is 59.8 Å². The number of carboxylic acids is 1. The molecule has 5 heteroatoms. The molecule has 0 spiro atoms. The predicted molar refractivity (Wildman–Crippen MR) is 110 cm³/mol. The van der Waals surface area contributed by atoms with Gasteiger partial charge in [-0.05, 0) is 39.5 Å². The van der Waals surface area contributed by atoms with Gasteiger partial charge in [0.15, 0.2) is 0 Å². The Morgan fingerprint density at radius 2 is 1.69 bits per heavy atom. The van der Waals surface area contributed by atoms with Crippen LogP contribution in [0.3, 0.4) is 0 Å². The van der Waals surface area contributed by atoms with Crippen molar-refractivity contribution in [3.05, 3.63) is 33.7 Å². The minimum absolute atomic E-state index is 0.0773. The molecule has 26 heavy (non-hydrogen) atoms. The molecule has 0 amide bonds. The van der Waals surface area contributed by atoms with E-state index in [1.807, 2.05) is 4.90 Å². The molecule has 1 heterocycles. The van der Waals surface area contributed by atoms with E-state index in [0.29, 0.717) is 12.3 Å². The average Bonchev–Trinajstić information content (AvgIpc) is 2.46. The molecule has 2 N–H and O–H groups in total. The van der Waals surface area contributed by atoms with E-state index in [1.54, 1.807) is 11.8 Å². The van der Waals surface area contributed by atoms with E-state index in [9.17, 15) is 9.90 Å². The van der Waals surface area contributed by atoms with E-state index < -0.39 is 5.97 Å². The zero-order valence-electron chi connectivity index (χ0n) is 16.7. The molecule has 0 unspecified atom stereocenters. The third-order valence-corrected chi connectivity index (χ3v) is 5.51. The molecular weight excluding hydrogens is 346 g/mol. The number of carbonyl (C=O) groups is 1. The molecule has 0 aliphatic carbocycles. The SMILES string of the molecule is CC(C)(C)c1cc(/C=C2\CN(CC(=O)O)CCS2)cc(C(C)(C)C)c1O. The molecule has 0 atom stereocenters. The highest BCUT2D eigenvalue weighted by Gasteiger charge is 2.26. The Labute approximate surface area is 161 Å². The number of nitrogens with zero attached hydrogens (tertiary/aromatic N) is 1. The van der Waals surface area contributed by atoms with Crippen molar-refractivity contribution >= 4 is 23.8 Å². The van der Waals surface area contributed by atoms with Crippen LogP contribution in [0.15, 0.2) is 17.0 Å². The maximum atomic E-state index is 11.0. The van der Waals surface area contributed by atoms with Gasteiger partial charge in [0.1, 0.15) is 5.75 Å². The standard InChI is InChI=1S/C21H31NO3S/c1-20(2,3)16-10-14(11-17(19(16)25)21(4,5)6)9-15-12-22(7-8-26-15)13-18(23)24/h9-11,25H,7-8,12-13H2,1-6H3,(H,23,24)/b15-9+. The minimum atomic E-state index is -0.786. The average molecular weight is 378 g/mol. The van der Waals surface area contributed by atoms with Gasteiger partial charge in [0.25, 0.3) is 0 Å². The van der Waals surface area contributed by atoms with Crippen LogP contribution in [0.25, 0.3) is 6.08 Å². The van der Waals surface area contributed by atoms with Crippen LogP contribution in [0.1, 0.15) is 58.2 Å². The van der Waals surface area contributed by atoms with Crippen molar-refractivity contribution in [1.82, 2.24) is 4.90 Å². The summed E-state index contributed by atoms with van der Waals surface area (Å²) >= 11 is 1.78. The van der Waals surface area contributed by atoms with Crippen molar-refractivity contribution in [1.29, 1.82) is 0 Å². The Morgan fingerprint density at radius 3 is 2.15 bits per heavy atom. The van der Waals surface area contributed by atoms with Crippen molar-refractivity contribution in [3.63, 3.8) is 0 Å². The van der Waals surface area contributed by atoms with E-state index in [-0.39, 0.29) is 17.4 Å². The zero-order chi connectivity index (χ0) is 19.7. The van der Waals surface area contributed by atoms with Crippen LogP contribution in [0.5, 0.6) is 5.75 Å². The van der Waals surface area contributed by atoms with Gasteiger partial charge in [-0.2, -0.15) is 0 Å². The molecule has 1 aromatic carbocycles. The van der Waals surface area contributed by atoms with E-state index >= 15 is 0 Å². The van der Waals surface area contributed by atoms with E-state index in [4.69, 9.17) is 5.11 Å². The molecule has 4 nitrogen and oxygen atoms in total. The molecule has 1 fully saturated rings. The highest BCUT2D eigenvalue weighted by atomic mass is 32.2. The molecule has 0 radical (unpaired) electrons. The van der Waals surface area contributed by atoms with Gasteiger partial charge in [-0.3, -0.25) is 9.69 Å². The van der Waals surface area contributed by atoms with Crippen LogP contribution in [0, 0.1) is 0 Å². The summed E-state index contributed by atoms with van der Waals surface area (Å²) in [7, 11) is 0. The van der Waals surface area contributed by atoms with E-state index in [1.165, 1.54) is 4.91 Å². The van der Waals surface area contributed by atoms with Crippen molar-refractivity contribution in [3.8, 4) is 5.75 Å².